The lowest BCUT2D eigenvalue weighted by atomic mass is 9.84. The van der Waals surface area contributed by atoms with Crippen LogP contribution in [0.5, 0.6) is 0 Å². The smallest absolute Gasteiger partial charge is 0.248 e. The predicted molar refractivity (Wildman–Crippen MR) is 140 cm³/mol. The minimum absolute atomic E-state index is 0.0245. The molecule has 1 heterocycles. The average Bonchev–Trinajstić information content (AvgIpc) is 3.24. The fraction of sp³-hybridized carbons (Fsp3) is 0.464. The summed E-state index contributed by atoms with van der Waals surface area (Å²) in [4.78, 5) is 19.2. The van der Waals surface area contributed by atoms with Crippen LogP contribution in [0.3, 0.4) is 0 Å². The number of halogens is 2. The molecule has 1 aromatic heterocycles. The molecule has 3 rings (SSSR count). The first kappa shape index (κ1) is 28.4. The van der Waals surface area contributed by atoms with Crippen molar-refractivity contribution in [3.8, 4) is 11.4 Å². The molecule has 0 aliphatic rings. The number of nitrogens with two attached hydrogens (primary N) is 1. The molecule has 0 saturated heterocycles. The van der Waals surface area contributed by atoms with Crippen LogP contribution >= 0.6 is 0 Å². The van der Waals surface area contributed by atoms with E-state index in [-0.39, 0.29) is 11.4 Å². The molecule has 9 heteroatoms. The number of hydrogen-bond donors (Lipinski definition) is 2. The van der Waals surface area contributed by atoms with Gasteiger partial charge in [-0.2, -0.15) is 5.10 Å². The van der Waals surface area contributed by atoms with E-state index in [0.717, 1.165) is 29.3 Å². The number of aliphatic hydroxyl groups is 1. The Morgan fingerprint density at radius 2 is 1.89 bits per heavy atom. The summed E-state index contributed by atoms with van der Waals surface area (Å²) in [5.74, 6) is -0.958. The normalized spacial score (nSPS) is 12.7. The van der Waals surface area contributed by atoms with Gasteiger partial charge in [-0.15, -0.1) is 0 Å². The van der Waals surface area contributed by atoms with E-state index < -0.39 is 35.6 Å². The summed E-state index contributed by atoms with van der Waals surface area (Å²) in [6.45, 7) is 10.4. The molecule has 200 valence electrons. The van der Waals surface area contributed by atoms with Crippen LogP contribution in [0.4, 0.5) is 8.78 Å². The third kappa shape index (κ3) is 6.78. The van der Waals surface area contributed by atoms with Crippen LogP contribution in [0.1, 0.15) is 70.0 Å². The van der Waals surface area contributed by atoms with Gasteiger partial charge in [0, 0.05) is 6.54 Å². The fourth-order valence-corrected chi connectivity index (χ4v) is 4.42. The lowest BCUT2D eigenvalue weighted by molar-refractivity contribution is -0.139. The van der Waals surface area contributed by atoms with Gasteiger partial charge in [0.15, 0.2) is 11.6 Å². The lowest BCUT2D eigenvalue weighted by Gasteiger charge is -2.39. The zero-order chi connectivity index (χ0) is 27.3. The number of aromatic nitrogens is 3. The maximum atomic E-state index is 14.7. The molecule has 0 bridgehead atoms. The van der Waals surface area contributed by atoms with Gasteiger partial charge in [-0.1, -0.05) is 58.9 Å². The second-order valence-electron chi connectivity index (χ2n) is 10.6. The first-order valence-corrected chi connectivity index (χ1v) is 12.6. The van der Waals surface area contributed by atoms with Gasteiger partial charge in [-0.3, -0.25) is 4.79 Å². The van der Waals surface area contributed by atoms with Gasteiger partial charge in [-0.25, -0.2) is 18.4 Å². The number of amides is 1. The third-order valence-corrected chi connectivity index (χ3v) is 6.25. The van der Waals surface area contributed by atoms with Crippen molar-refractivity contribution in [2.24, 2.45) is 11.1 Å². The largest absolute Gasteiger partial charge is 0.387 e. The quantitative estimate of drug-likeness (QED) is 0.411. The van der Waals surface area contributed by atoms with Crippen molar-refractivity contribution in [1.82, 2.24) is 19.7 Å². The van der Waals surface area contributed by atoms with Gasteiger partial charge in [0.25, 0.3) is 0 Å². The molecule has 2 aromatic carbocycles. The van der Waals surface area contributed by atoms with Crippen molar-refractivity contribution >= 4 is 5.91 Å². The molecule has 37 heavy (non-hydrogen) atoms. The maximum Gasteiger partial charge on any atom is 0.248 e. The van der Waals surface area contributed by atoms with E-state index in [1.807, 2.05) is 32.9 Å². The highest BCUT2D eigenvalue weighted by Crippen LogP contribution is 2.39. The summed E-state index contributed by atoms with van der Waals surface area (Å²) in [6.07, 6.45) is 0.522. The predicted octanol–water partition coefficient (Wildman–Crippen LogP) is 4.65. The van der Waals surface area contributed by atoms with E-state index >= 15 is 0 Å². The molecular formula is C28H37F2N5O2. The van der Waals surface area contributed by atoms with E-state index in [9.17, 15) is 18.7 Å². The Morgan fingerprint density at radius 1 is 1.16 bits per heavy atom. The first-order chi connectivity index (χ1) is 17.5. The van der Waals surface area contributed by atoms with E-state index in [1.54, 1.807) is 9.58 Å². The van der Waals surface area contributed by atoms with Crippen LogP contribution < -0.4 is 5.73 Å². The molecule has 0 aliphatic heterocycles. The molecule has 0 saturated carbocycles. The lowest BCUT2D eigenvalue weighted by Crippen LogP contribution is -2.44. The molecule has 3 N–H and O–H groups in total. The van der Waals surface area contributed by atoms with Crippen molar-refractivity contribution in [2.45, 2.75) is 59.5 Å². The number of carbonyl (C=O) groups is 1. The molecule has 0 spiro atoms. The van der Waals surface area contributed by atoms with Gasteiger partial charge in [0.1, 0.15) is 18.2 Å². The number of carbonyl (C=O) groups excluding carboxylic acids is 1. The summed E-state index contributed by atoms with van der Waals surface area (Å²) in [5.41, 5.74) is 7.25. The van der Waals surface area contributed by atoms with Crippen molar-refractivity contribution in [2.75, 3.05) is 19.7 Å². The fourth-order valence-electron chi connectivity index (χ4n) is 4.42. The van der Waals surface area contributed by atoms with Crippen LogP contribution in [0.25, 0.3) is 11.4 Å². The standard InChI is InChI=1S/C28H37F2N5O2/c1-18(2)20-9-6-8-19(14-20)16-35-27(32-26(33-35)22-15-21(29)10-11-23(22)30)25(28(3,4)5)34(13-7-12-31)24(37)17-36/h6,8-11,14-15,18,25,36H,7,12-13,16-17,31H2,1-5H3/t25-/m0/s1. The monoisotopic (exact) mass is 513 g/mol. The molecule has 1 amide bonds. The molecular weight excluding hydrogens is 476 g/mol. The third-order valence-electron chi connectivity index (χ3n) is 6.25. The molecule has 0 radical (unpaired) electrons. The first-order valence-electron chi connectivity index (χ1n) is 12.6. The van der Waals surface area contributed by atoms with E-state index in [2.05, 4.69) is 36.1 Å². The Morgan fingerprint density at radius 3 is 2.51 bits per heavy atom. The number of rotatable bonds is 10. The Kier molecular flexibility index (Phi) is 9.15. The summed E-state index contributed by atoms with van der Waals surface area (Å²) in [5, 5.41) is 14.4. The molecule has 0 aliphatic carbocycles. The van der Waals surface area contributed by atoms with Crippen molar-refractivity contribution in [3.05, 3.63) is 71.1 Å². The van der Waals surface area contributed by atoms with Crippen LogP contribution in [0, 0.1) is 17.0 Å². The van der Waals surface area contributed by atoms with Crippen LogP contribution in [0.15, 0.2) is 42.5 Å². The average molecular weight is 514 g/mol. The summed E-state index contributed by atoms with van der Waals surface area (Å²) in [7, 11) is 0. The maximum absolute atomic E-state index is 14.7. The highest BCUT2D eigenvalue weighted by Gasteiger charge is 2.38. The Hall–Kier alpha value is -3.17. The summed E-state index contributed by atoms with van der Waals surface area (Å²) >= 11 is 0. The molecule has 3 aromatic rings. The highest BCUT2D eigenvalue weighted by molar-refractivity contribution is 5.77. The topological polar surface area (TPSA) is 97.3 Å². The van der Waals surface area contributed by atoms with Gasteiger partial charge in [-0.05, 0) is 53.6 Å². The molecule has 1 atom stereocenters. The second kappa shape index (κ2) is 11.9. The minimum Gasteiger partial charge on any atom is -0.387 e. The number of nitrogens with zero attached hydrogens (tertiary/aromatic N) is 4. The zero-order valence-electron chi connectivity index (χ0n) is 22.2. The number of aliphatic hydroxyl groups excluding tert-OH is 1. The minimum atomic E-state index is -0.674. The second-order valence-corrected chi connectivity index (χ2v) is 10.6. The Balaban J connectivity index is 2.22. The van der Waals surface area contributed by atoms with E-state index in [1.165, 1.54) is 0 Å². The van der Waals surface area contributed by atoms with Gasteiger partial charge < -0.3 is 15.7 Å². The van der Waals surface area contributed by atoms with Crippen molar-refractivity contribution < 1.29 is 18.7 Å². The van der Waals surface area contributed by atoms with Crippen LogP contribution in [0.2, 0.25) is 0 Å². The zero-order valence-corrected chi connectivity index (χ0v) is 22.2. The van der Waals surface area contributed by atoms with Gasteiger partial charge in [0.05, 0.1) is 18.2 Å². The van der Waals surface area contributed by atoms with Crippen molar-refractivity contribution in [1.29, 1.82) is 0 Å². The van der Waals surface area contributed by atoms with Crippen LogP contribution in [-0.2, 0) is 11.3 Å². The van der Waals surface area contributed by atoms with Crippen LogP contribution in [-0.4, -0.2) is 50.4 Å². The van der Waals surface area contributed by atoms with Gasteiger partial charge >= 0.3 is 0 Å². The number of hydrogen-bond acceptors (Lipinski definition) is 5. The SMILES string of the molecule is CC(C)c1cccc(Cn2nc(-c3cc(F)ccc3F)nc2[C@H](N(CCCN)C(=O)CO)C(C)(C)C)c1. The molecule has 7 nitrogen and oxygen atoms in total. The van der Waals surface area contributed by atoms with Crippen molar-refractivity contribution in [3.63, 3.8) is 0 Å². The van der Waals surface area contributed by atoms with E-state index in [4.69, 9.17) is 5.73 Å². The summed E-state index contributed by atoms with van der Waals surface area (Å²) in [6, 6.07) is 10.6. The Labute approximate surface area is 217 Å². The molecule has 0 unspecified atom stereocenters. The number of benzene rings is 2. The van der Waals surface area contributed by atoms with Gasteiger partial charge in [0.2, 0.25) is 5.91 Å². The highest BCUT2D eigenvalue weighted by atomic mass is 19.1. The van der Waals surface area contributed by atoms with E-state index in [0.29, 0.717) is 37.8 Å². The molecule has 0 fully saturated rings. The summed E-state index contributed by atoms with van der Waals surface area (Å²) < 4.78 is 30.4. The Bertz CT molecular complexity index is 1220.